The van der Waals surface area contributed by atoms with Crippen molar-refractivity contribution in [3.05, 3.63) is 24.3 Å². The molecule has 0 aromatic carbocycles. The van der Waals surface area contributed by atoms with Gasteiger partial charge in [-0.15, -0.1) is 0 Å². The Hall–Kier alpha value is -1.05. The molecule has 49 heavy (non-hydrogen) atoms. The van der Waals surface area contributed by atoms with Gasteiger partial charge in [-0.05, 0) is 44.9 Å². The molecule has 0 fully saturated rings. The zero-order chi connectivity index (χ0) is 35.4. The van der Waals surface area contributed by atoms with E-state index in [0.717, 1.165) is 19.3 Å². The van der Waals surface area contributed by atoms with Gasteiger partial charge in [-0.3, -0.25) is 4.79 Å². The molecule has 0 radical (unpaired) electrons. The SMILES string of the molecule is CCCCC/C=C\C/C=C/CCCCCCCCOC(=O)CCCCCCCCCCCCCCCCCCCCCCCCCCCC. The Morgan fingerprint density at radius 1 is 0.347 bits per heavy atom. The van der Waals surface area contributed by atoms with Gasteiger partial charge in [0.15, 0.2) is 0 Å². The van der Waals surface area contributed by atoms with Crippen molar-refractivity contribution in [3.63, 3.8) is 0 Å². The van der Waals surface area contributed by atoms with Gasteiger partial charge in [-0.25, -0.2) is 0 Å². The van der Waals surface area contributed by atoms with E-state index in [1.54, 1.807) is 0 Å². The molecule has 0 aliphatic carbocycles. The predicted octanol–water partition coefficient (Wildman–Crippen LogP) is 16.9. The zero-order valence-electron chi connectivity index (χ0n) is 33.9. The molecule has 0 amide bonds. The number of carbonyl (C=O) groups is 1. The van der Waals surface area contributed by atoms with Crippen molar-refractivity contribution in [1.82, 2.24) is 0 Å². The molecule has 290 valence electrons. The second kappa shape index (κ2) is 45.0. The van der Waals surface area contributed by atoms with Crippen LogP contribution in [0.25, 0.3) is 0 Å². The van der Waals surface area contributed by atoms with Crippen molar-refractivity contribution in [3.8, 4) is 0 Å². The Kier molecular flexibility index (Phi) is 44.0. The molecule has 0 rings (SSSR count). The van der Waals surface area contributed by atoms with Crippen LogP contribution in [0.5, 0.6) is 0 Å². The summed E-state index contributed by atoms with van der Waals surface area (Å²) in [7, 11) is 0. The molecule has 0 heterocycles. The summed E-state index contributed by atoms with van der Waals surface area (Å²) < 4.78 is 5.46. The minimum Gasteiger partial charge on any atom is -0.466 e. The van der Waals surface area contributed by atoms with Crippen LogP contribution in [0.3, 0.4) is 0 Å². The first kappa shape index (κ1) is 48.0. The molecule has 0 unspecified atom stereocenters. The van der Waals surface area contributed by atoms with Gasteiger partial charge in [-0.2, -0.15) is 0 Å². The van der Waals surface area contributed by atoms with Crippen LogP contribution in [0.1, 0.15) is 264 Å². The highest BCUT2D eigenvalue weighted by Crippen LogP contribution is 2.16. The maximum absolute atomic E-state index is 12.0. The largest absolute Gasteiger partial charge is 0.466 e. The van der Waals surface area contributed by atoms with Crippen LogP contribution in [-0.4, -0.2) is 12.6 Å². The molecule has 0 spiro atoms. The zero-order valence-corrected chi connectivity index (χ0v) is 33.9. The fourth-order valence-corrected chi connectivity index (χ4v) is 6.93. The molecule has 0 saturated heterocycles. The molecule has 0 N–H and O–H groups in total. The highest BCUT2D eigenvalue weighted by Gasteiger charge is 2.03. The van der Waals surface area contributed by atoms with Gasteiger partial charge in [0.25, 0.3) is 0 Å². The van der Waals surface area contributed by atoms with Gasteiger partial charge in [0.2, 0.25) is 0 Å². The molecular weight excluding hydrogens is 597 g/mol. The quantitative estimate of drug-likeness (QED) is 0.0363. The first-order valence-corrected chi connectivity index (χ1v) is 22.8. The third-order valence-electron chi connectivity index (χ3n) is 10.3. The average molecular weight is 687 g/mol. The summed E-state index contributed by atoms with van der Waals surface area (Å²) in [5.74, 6) is 0.0203. The number of unbranched alkanes of at least 4 members (excludes halogenated alkanes) is 34. The van der Waals surface area contributed by atoms with E-state index in [4.69, 9.17) is 4.74 Å². The highest BCUT2D eigenvalue weighted by molar-refractivity contribution is 5.69. The summed E-state index contributed by atoms with van der Waals surface area (Å²) in [6.07, 6.45) is 61.5. The lowest BCUT2D eigenvalue weighted by atomic mass is 10.0. The van der Waals surface area contributed by atoms with Crippen LogP contribution in [-0.2, 0) is 9.53 Å². The normalized spacial score (nSPS) is 11.8. The van der Waals surface area contributed by atoms with Crippen LogP contribution in [0.15, 0.2) is 24.3 Å². The van der Waals surface area contributed by atoms with Crippen molar-refractivity contribution in [2.24, 2.45) is 0 Å². The lowest BCUT2D eigenvalue weighted by molar-refractivity contribution is -0.143. The predicted molar refractivity (Wildman–Crippen MR) is 221 cm³/mol. The standard InChI is InChI=1S/C47H90O2/c1-3-5-7-9-11-13-15-17-19-21-22-23-24-25-26-27-28-29-30-31-33-35-37-39-41-43-45-47(48)49-46-44-42-40-38-36-34-32-20-18-16-14-12-10-8-6-4-2/h12,14,18,20H,3-11,13,15-17,19,21-46H2,1-2H3/b14-12-,20-18+. The van der Waals surface area contributed by atoms with E-state index in [1.807, 2.05) is 0 Å². The Morgan fingerprint density at radius 2 is 0.633 bits per heavy atom. The second-order valence-corrected chi connectivity index (χ2v) is 15.4. The van der Waals surface area contributed by atoms with Crippen LogP contribution >= 0.6 is 0 Å². The van der Waals surface area contributed by atoms with Crippen molar-refractivity contribution < 1.29 is 9.53 Å². The number of hydrogen-bond donors (Lipinski definition) is 0. The highest BCUT2D eigenvalue weighted by atomic mass is 16.5. The third-order valence-corrected chi connectivity index (χ3v) is 10.3. The molecule has 2 heteroatoms. The van der Waals surface area contributed by atoms with Crippen molar-refractivity contribution in [2.45, 2.75) is 264 Å². The Labute approximate surface area is 309 Å². The van der Waals surface area contributed by atoms with Gasteiger partial charge in [-0.1, -0.05) is 237 Å². The molecule has 2 nitrogen and oxygen atoms in total. The monoisotopic (exact) mass is 687 g/mol. The number of ether oxygens (including phenoxy) is 1. The minimum absolute atomic E-state index is 0.0203. The third kappa shape index (κ3) is 44.9. The number of esters is 1. The van der Waals surface area contributed by atoms with E-state index < -0.39 is 0 Å². The molecule has 0 bridgehead atoms. The smallest absolute Gasteiger partial charge is 0.305 e. The van der Waals surface area contributed by atoms with Crippen LogP contribution in [0.2, 0.25) is 0 Å². The van der Waals surface area contributed by atoms with E-state index in [-0.39, 0.29) is 5.97 Å². The van der Waals surface area contributed by atoms with E-state index >= 15 is 0 Å². The first-order chi connectivity index (χ1) is 24.3. The van der Waals surface area contributed by atoms with Crippen LogP contribution in [0, 0.1) is 0 Å². The minimum atomic E-state index is 0.0203. The lowest BCUT2D eigenvalue weighted by Gasteiger charge is -2.06. The molecule has 0 aromatic heterocycles. The number of hydrogen-bond acceptors (Lipinski definition) is 2. The lowest BCUT2D eigenvalue weighted by Crippen LogP contribution is -2.05. The summed E-state index contributed by atoms with van der Waals surface area (Å²) in [6.45, 7) is 5.18. The summed E-state index contributed by atoms with van der Waals surface area (Å²) in [5.41, 5.74) is 0. The fourth-order valence-electron chi connectivity index (χ4n) is 6.93. The van der Waals surface area contributed by atoms with Gasteiger partial charge in [0.05, 0.1) is 6.61 Å². The molecule has 0 aromatic rings. The van der Waals surface area contributed by atoms with Gasteiger partial charge in [0.1, 0.15) is 0 Å². The molecular formula is C47H90O2. The molecule has 0 saturated carbocycles. The molecule has 0 aliphatic rings. The van der Waals surface area contributed by atoms with Gasteiger partial charge in [0, 0.05) is 6.42 Å². The number of carbonyl (C=O) groups excluding carboxylic acids is 1. The fraction of sp³-hybridized carbons (Fsp3) is 0.894. The van der Waals surface area contributed by atoms with Gasteiger partial charge < -0.3 is 4.74 Å². The summed E-state index contributed by atoms with van der Waals surface area (Å²) in [6, 6.07) is 0. The van der Waals surface area contributed by atoms with Crippen LogP contribution in [0.4, 0.5) is 0 Å². The second-order valence-electron chi connectivity index (χ2n) is 15.4. The topological polar surface area (TPSA) is 26.3 Å². The van der Waals surface area contributed by atoms with Crippen LogP contribution < -0.4 is 0 Å². The van der Waals surface area contributed by atoms with Crippen molar-refractivity contribution >= 4 is 5.97 Å². The Morgan fingerprint density at radius 3 is 1.02 bits per heavy atom. The summed E-state index contributed by atoms with van der Waals surface area (Å²) in [5, 5.41) is 0. The molecule has 0 aliphatic heterocycles. The van der Waals surface area contributed by atoms with E-state index in [2.05, 4.69) is 38.2 Å². The maximum atomic E-state index is 12.0. The van der Waals surface area contributed by atoms with E-state index in [9.17, 15) is 4.79 Å². The van der Waals surface area contributed by atoms with Crippen molar-refractivity contribution in [1.29, 1.82) is 0 Å². The van der Waals surface area contributed by atoms with Gasteiger partial charge >= 0.3 is 5.97 Å². The Bertz CT molecular complexity index is 665. The maximum Gasteiger partial charge on any atom is 0.305 e. The average Bonchev–Trinajstić information content (AvgIpc) is 3.11. The number of rotatable bonds is 42. The number of allylic oxidation sites excluding steroid dienone is 4. The van der Waals surface area contributed by atoms with E-state index in [1.165, 1.54) is 225 Å². The summed E-state index contributed by atoms with van der Waals surface area (Å²) >= 11 is 0. The Balaban J connectivity index is 3.18. The van der Waals surface area contributed by atoms with E-state index in [0.29, 0.717) is 13.0 Å². The molecule has 0 atom stereocenters. The first-order valence-electron chi connectivity index (χ1n) is 22.8. The van der Waals surface area contributed by atoms with Crippen molar-refractivity contribution in [2.75, 3.05) is 6.61 Å². The summed E-state index contributed by atoms with van der Waals surface area (Å²) in [4.78, 5) is 12.0.